The summed E-state index contributed by atoms with van der Waals surface area (Å²) >= 11 is 0. The van der Waals surface area contributed by atoms with E-state index in [1.807, 2.05) is 19.1 Å². The normalized spacial score (nSPS) is 17.0. The summed E-state index contributed by atoms with van der Waals surface area (Å²) in [6, 6.07) is 12.0. The fourth-order valence-electron chi connectivity index (χ4n) is 3.06. The highest BCUT2D eigenvalue weighted by atomic mass is 16.8. The number of carbonyl (C=O) groups excluding carboxylic acids is 2. The highest BCUT2D eigenvalue weighted by Crippen LogP contribution is 2.35. The van der Waals surface area contributed by atoms with Gasteiger partial charge in [0.15, 0.2) is 6.10 Å². The summed E-state index contributed by atoms with van der Waals surface area (Å²) in [5.74, 6) is -1.34. The number of cyclic esters (lactones) is 1. The van der Waals surface area contributed by atoms with Crippen molar-refractivity contribution in [1.29, 1.82) is 0 Å². The van der Waals surface area contributed by atoms with Crippen LogP contribution in [-0.2, 0) is 9.53 Å². The molecule has 9 nitrogen and oxygen atoms in total. The zero-order valence-electron chi connectivity index (χ0n) is 16.2. The first-order valence-corrected chi connectivity index (χ1v) is 8.87. The molecular formula is C20H21N4O5-. The van der Waals surface area contributed by atoms with Gasteiger partial charge in [0.1, 0.15) is 11.8 Å². The molecule has 152 valence electrons. The molecule has 0 aliphatic carbocycles. The molecule has 1 heterocycles. The molecule has 2 unspecified atom stereocenters. The van der Waals surface area contributed by atoms with Gasteiger partial charge in [-0.3, -0.25) is 10.0 Å². The number of anilines is 1. The van der Waals surface area contributed by atoms with Crippen LogP contribution in [-0.4, -0.2) is 53.2 Å². The third-order valence-electron chi connectivity index (χ3n) is 4.38. The maximum absolute atomic E-state index is 12.9. The second kappa shape index (κ2) is 8.39. The van der Waals surface area contributed by atoms with Gasteiger partial charge in [-0.25, -0.2) is 4.79 Å². The van der Waals surface area contributed by atoms with Crippen molar-refractivity contribution < 1.29 is 19.5 Å². The lowest BCUT2D eigenvalue weighted by Gasteiger charge is -2.34. The Labute approximate surface area is 167 Å². The van der Waals surface area contributed by atoms with E-state index in [1.54, 1.807) is 50.5 Å². The van der Waals surface area contributed by atoms with Crippen molar-refractivity contribution >= 4 is 23.3 Å². The highest BCUT2D eigenvalue weighted by molar-refractivity contribution is 6.45. The predicted octanol–water partition coefficient (Wildman–Crippen LogP) is 2.32. The minimum absolute atomic E-state index is 0.271. The van der Waals surface area contributed by atoms with Crippen LogP contribution in [0.25, 0.3) is 0 Å². The minimum Gasteiger partial charge on any atom is -0.762 e. The van der Waals surface area contributed by atoms with E-state index in [1.165, 1.54) is 5.01 Å². The molecule has 1 amide bonds. The summed E-state index contributed by atoms with van der Waals surface area (Å²) in [4.78, 5) is 25.1. The molecule has 2 aromatic rings. The first-order valence-electron chi connectivity index (χ1n) is 8.87. The third-order valence-corrected chi connectivity index (χ3v) is 4.38. The van der Waals surface area contributed by atoms with Crippen LogP contribution in [0.2, 0.25) is 0 Å². The van der Waals surface area contributed by atoms with Gasteiger partial charge < -0.3 is 25.5 Å². The van der Waals surface area contributed by atoms with Crippen LogP contribution in [0.1, 0.15) is 27.6 Å². The Morgan fingerprint density at radius 3 is 2.48 bits per heavy atom. The zero-order chi connectivity index (χ0) is 21.1. The Morgan fingerprint density at radius 2 is 1.86 bits per heavy atom. The van der Waals surface area contributed by atoms with Gasteiger partial charge in [-0.05, 0) is 25.1 Å². The van der Waals surface area contributed by atoms with Crippen LogP contribution in [0.3, 0.4) is 0 Å². The van der Waals surface area contributed by atoms with Crippen molar-refractivity contribution in [3.05, 3.63) is 70.4 Å². The SMILES string of the molecule is Cc1ccc(NC(=O)/C(=N/N(C)C)C(C2OC(=O)c3ccccc32)N([O-])O)cc1. The van der Waals surface area contributed by atoms with Crippen molar-refractivity contribution in [2.75, 3.05) is 19.4 Å². The number of aryl methyl sites for hydroxylation is 1. The lowest BCUT2D eigenvalue weighted by atomic mass is 9.96. The minimum atomic E-state index is -1.56. The van der Waals surface area contributed by atoms with E-state index in [9.17, 15) is 20.0 Å². The number of nitrogens with one attached hydrogen (secondary N) is 1. The Bertz CT molecular complexity index is 940. The molecule has 29 heavy (non-hydrogen) atoms. The van der Waals surface area contributed by atoms with Crippen LogP contribution >= 0.6 is 0 Å². The van der Waals surface area contributed by atoms with Gasteiger partial charge in [-0.15, -0.1) is 0 Å². The van der Waals surface area contributed by atoms with Crippen LogP contribution < -0.4 is 5.32 Å². The van der Waals surface area contributed by atoms with Crippen LogP contribution in [0, 0.1) is 12.1 Å². The molecule has 2 N–H and O–H groups in total. The number of hydrogen-bond acceptors (Lipinski definition) is 8. The average Bonchev–Trinajstić information content (AvgIpc) is 2.99. The fraction of sp³-hybridized carbons (Fsp3) is 0.250. The number of hydrazone groups is 1. The topological polar surface area (TPSA) is 118 Å². The molecular weight excluding hydrogens is 376 g/mol. The lowest BCUT2D eigenvalue weighted by molar-refractivity contribution is -0.115. The molecule has 0 saturated carbocycles. The quantitative estimate of drug-likeness (QED) is 0.436. The molecule has 0 spiro atoms. The number of hydroxylamine groups is 2. The summed E-state index contributed by atoms with van der Waals surface area (Å²) < 4.78 is 5.31. The molecule has 9 heteroatoms. The van der Waals surface area contributed by atoms with Gasteiger partial charge in [0, 0.05) is 25.3 Å². The third kappa shape index (κ3) is 4.43. The van der Waals surface area contributed by atoms with E-state index in [2.05, 4.69) is 10.4 Å². The number of amides is 1. The number of hydrogen-bond donors (Lipinski definition) is 2. The van der Waals surface area contributed by atoms with Gasteiger partial charge in [-0.1, -0.05) is 35.9 Å². The van der Waals surface area contributed by atoms with Crippen LogP contribution in [0.5, 0.6) is 0 Å². The molecule has 1 aliphatic rings. The van der Waals surface area contributed by atoms with Crippen molar-refractivity contribution in [2.45, 2.75) is 19.1 Å². The largest absolute Gasteiger partial charge is 0.762 e. The lowest BCUT2D eigenvalue weighted by Crippen LogP contribution is -2.46. The molecule has 0 radical (unpaired) electrons. The van der Waals surface area contributed by atoms with Crippen LogP contribution in [0.4, 0.5) is 5.69 Å². The standard InChI is InChI=1S/C20H21N4O5/c1-12-8-10-13(11-9-12)21-19(25)16(22-23(2)3)17(24(27)28)18-14-6-4-5-7-15(14)20(26)29-18/h4-11,17-18,27H,1-3H3,(H,21,25)/q-1/b22-16+. The Morgan fingerprint density at radius 1 is 1.21 bits per heavy atom. The van der Waals surface area contributed by atoms with E-state index in [-0.39, 0.29) is 11.3 Å². The number of nitrogens with zero attached hydrogens (tertiary/aromatic N) is 3. The predicted molar refractivity (Wildman–Crippen MR) is 106 cm³/mol. The molecule has 0 fully saturated rings. The second-order valence-corrected chi connectivity index (χ2v) is 6.81. The van der Waals surface area contributed by atoms with Crippen molar-refractivity contribution in [2.24, 2.45) is 5.10 Å². The van der Waals surface area contributed by atoms with Gasteiger partial charge in [0.2, 0.25) is 0 Å². The smallest absolute Gasteiger partial charge is 0.339 e. The molecule has 0 aromatic heterocycles. The van der Waals surface area contributed by atoms with Gasteiger partial charge in [0.25, 0.3) is 5.91 Å². The number of carbonyl (C=O) groups is 2. The number of benzene rings is 2. The maximum Gasteiger partial charge on any atom is 0.339 e. The Hall–Kier alpha value is -3.27. The second-order valence-electron chi connectivity index (χ2n) is 6.81. The average molecular weight is 397 g/mol. The molecule has 0 saturated heterocycles. The number of fused-ring (bicyclic) bond motifs is 1. The van der Waals surface area contributed by atoms with E-state index in [0.717, 1.165) is 5.56 Å². The van der Waals surface area contributed by atoms with Gasteiger partial charge in [-0.2, -0.15) is 5.10 Å². The van der Waals surface area contributed by atoms with Gasteiger partial charge in [0.05, 0.1) is 5.56 Å². The van der Waals surface area contributed by atoms with Crippen molar-refractivity contribution in [3.63, 3.8) is 0 Å². The number of esters is 1. The summed E-state index contributed by atoms with van der Waals surface area (Å²) in [6.07, 6.45) is -1.19. The maximum atomic E-state index is 12.9. The summed E-state index contributed by atoms with van der Waals surface area (Å²) in [7, 11) is 3.13. The number of ether oxygens (including phenoxy) is 1. The summed E-state index contributed by atoms with van der Waals surface area (Å²) in [6.45, 7) is 1.91. The molecule has 2 aromatic carbocycles. The van der Waals surface area contributed by atoms with E-state index < -0.39 is 29.2 Å². The van der Waals surface area contributed by atoms with E-state index in [0.29, 0.717) is 11.3 Å². The van der Waals surface area contributed by atoms with Crippen molar-refractivity contribution in [3.8, 4) is 0 Å². The van der Waals surface area contributed by atoms with Crippen LogP contribution in [0.15, 0.2) is 53.6 Å². The van der Waals surface area contributed by atoms with E-state index in [4.69, 9.17) is 4.74 Å². The fourth-order valence-corrected chi connectivity index (χ4v) is 3.06. The molecule has 2 atom stereocenters. The Balaban J connectivity index is 1.98. The Kier molecular flexibility index (Phi) is 5.92. The summed E-state index contributed by atoms with van der Waals surface area (Å²) in [5, 5.41) is 29.6. The first kappa shape index (κ1) is 20.5. The monoisotopic (exact) mass is 397 g/mol. The molecule has 0 bridgehead atoms. The van der Waals surface area contributed by atoms with E-state index >= 15 is 0 Å². The highest BCUT2D eigenvalue weighted by Gasteiger charge is 2.42. The first-order chi connectivity index (χ1) is 13.8. The van der Waals surface area contributed by atoms with Gasteiger partial charge >= 0.3 is 5.97 Å². The summed E-state index contributed by atoms with van der Waals surface area (Å²) in [5.41, 5.74) is 1.87. The molecule has 3 rings (SSSR count). The number of rotatable bonds is 6. The zero-order valence-corrected chi connectivity index (χ0v) is 16.2. The molecule has 1 aliphatic heterocycles. The van der Waals surface area contributed by atoms with Crippen molar-refractivity contribution in [1.82, 2.24) is 10.2 Å².